The van der Waals surface area contributed by atoms with E-state index in [2.05, 4.69) is 4.74 Å². The highest BCUT2D eigenvalue weighted by atomic mass is 19.1. The van der Waals surface area contributed by atoms with Gasteiger partial charge in [0.1, 0.15) is 5.82 Å². The van der Waals surface area contributed by atoms with Gasteiger partial charge in [0.15, 0.2) is 0 Å². The maximum atomic E-state index is 12.7. The lowest BCUT2D eigenvalue weighted by Gasteiger charge is -2.12. The van der Waals surface area contributed by atoms with Crippen LogP contribution in [0.5, 0.6) is 0 Å². The van der Waals surface area contributed by atoms with E-state index in [4.69, 9.17) is 5.26 Å². The number of ether oxygens (including phenoxy) is 1. The van der Waals surface area contributed by atoms with Crippen LogP contribution in [0.4, 0.5) is 4.39 Å². The first kappa shape index (κ1) is 12.2. The summed E-state index contributed by atoms with van der Waals surface area (Å²) in [4.78, 5) is 11.1. The van der Waals surface area contributed by atoms with Gasteiger partial charge in [0, 0.05) is 12.3 Å². The quantitative estimate of drug-likeness (QED) is 0.733. The van der Waals surface area contributed by atoms with Crippen molar-refractivity contribution in [3.8, 4) is 6.07 Å². The molecule has 0 fully saturated rings. The molecule has 0 spiro atoms. The molecular weight excluding hydrogens is 209 g/mol. The van der Waals surface area contributed by atoms with Crippen molar-refractivity contribution in [3.63, 3.8) is 0 Å². The van der Waals surface area contributed by atoms with E-state index in [9.17, 15) is 9.18 Å². The maximum Gasteiger partial charge on any atom is 0.306 e. The smallest absolute Gasteiger partial charge is 0.306 e. The highest BCUT2D eigenvalue weighted by Gasteiger charge is 2.16. The minimum absolute atomic E-state index is 0.135. The summed E-state index contributed by atoms with van der Waals surface area (Å²) in [6, 6.07) is 7.81. The average Bonchev–Trinajstić information content (AvgIpc) is 2.29. The van der Waals surface area contributed by atoms with Crippen molar-refractivity contribution < 1.29 is 13.9 Å². The summed E-state index contributed by atoms with van der Waals surface area (Å²) in [5, 5.41) is 8.66. The third-order valence-corrected chi connectivity index (χ3v) is 2.32. The molecule has 1 aromatic carbocycles. The minimum Gasteiger partial charge on any atom is -0.469 e. The molecule has 0 N–H and O–H groups in total. The Bertz CT molecular complexity index is 394. The van der Waals surface area contributed by atoms with Crippen LogP contribution < -0.4 is 0 Å². The molecule has 0 aliphatic carbocycles. The number of esters is 1. The second kappa shape index (κ2) is 5.86. The van der Waals surface area contributed by atoms with Crippen LogP contribution in [-0.4, -0.2) is 13.1 Å². The summed E-state index contributed by atoms with van der Waals surface area (Å²) < 4.78 is 17.3. The first-order valence-electron chi connectivity index (χ1n) is 4.86. The Kier molecular flexibility index (Phi) is 4.46. The summed E-state index contributed by atoms with van der Waals surface area (Å²) in [7, 11) is 1.30. The van der Waals surface area contributed by atoms with E-state index in [0.717, 1.165) is 5.56 Å². The molecule has 0 heterocycles. The van der Waals surface area contributed by atoms with Crippen LogP contribution in [0.3, 0.4) is 0 Å². The van der Waals surface area contributed by atoms with Crippen molar-refractivity contribution in [3.05, 3.63) is 35.6 Å². The highest BCUT2D eigenvalue weighted by molar-refractivity contribution is 5.70. The van der Waals surface area contributed by atoms with Crippen molar-refractivity contribution >= 4 is 5.97 Å². The second-order valence-electron chi connectivity index (χ2n) is 3.39. The summed E-state index contributed by atoms with van der Waals surface area (Å²) in [5.74, 6) is -0.944. The molecule has 1 atom stereocenters. The number of hydrogen-bond donors (Lipinski definition) is 0. The SMILES string of the molecule is COC(=O)C[C@H](CC#N)c1ccc(F)cc1. The van der Waals surface area contributed by atoms with Gasteiger partial charge in [-0.3, -0.25) is 4.79 Å². The van der Waals surface area contributed by atoms with Gasteiger partial charge in [0.25, 0.3) is 0 Å². The van der Waals surface area contributed by atoms with Crippen LogP contribution in [0, 0.1) is 17.1 Å². The number of nitrogens with zero attached hydrogens (tertiary/aromatic N) is 1. The third-order valence-electron chi connectivity index (χ3n) is 2.32. The molecule has 0 radical (unpaired) electrons. The molecular formula is C12H12FNO2. The van der Waals surface area contributed by atoms with E-state index >= 15 is 0 Å². The fourth-order valence-corrected chi connectivity index (χ4v) is 1.44. The zero-order valence-corrected chi connectivity index (χ0v) is 8.94. The molecule has 0 saturated carbocycles. The number of carbonyl (C=O) groups excluding carboxylic acids is 1. The van der Waals surface area contributed by atoms with Gasteiger partial charge in [-0.05, 0) is 17.7 Å². The topological polar surface area (TPSA) is 50.1 Å². The summed E-state index contributed by atoms with van der Waals surface area (Å²) in [6.45, 7) is 0. The van der Waals surface area contributed by atoms with Crippen molar-refractivity contribution in [1.82, 2.24) is 0 Å². The average molecular weight is 221 g/mol. The molecule has 1 aromatic rings. The Hall–Kier alpha value is -1.89. The van der Waals surface area contributed by atoms with Gasteiger partial charge in [0.05, 0.1) is 19.6 Å². The van der Waals surface area contributed by atoms with Gasteiger partial charge in [0.2, 0.25) is 0 Å². The fraction of sp³-hybridized carbons (Fsp3) is 0.333. The lowest BCUT2D eigenvalue weighted by atomic mass is 9.93. The number of halogens is 1. The minimum atomic E-state index is -0.371. The third kappa shape index (κ3) is 3.35. The summed E-state index contributed by atoms with van der Waals surface area (Å²) in [5.41, 5.74) is 0.772. The zero-order valence-electron chi connectivity index (χ0n) is 8.94. The first-order chi connectivity index (χ1) is 7.67. The predicted octanol–water partition coefficient (Wildman–Crippen LogP) is 2.39. The van der Waals surface area contributed by atoms with Crippen LogP contribution in [-0.2, 0) is 9.53 Å². The highest BCUT2D eigenvalue weighted by Crippen LogP contribution is 2.23. The molecule has 1 rings (SSSR count). The Morgan fingerprint density at radius 1 is 1.50 bits per heavy atom. The van der Waals surface area contributed by atoms with E-state index in [0.29, 0.717) is 0 Å². The first-order valence-corrected chi connectivity index (χ1v) is 4.86. The Morgan fingerprint density at radius 2 is 2.12 bits per heavy atom. The number of rotatable bonds is 4. The van der Waals surface area contributed by atoms with Gasteiger partial charge in [-0.15, -0.1) is 0 Å². The van der Waals surface area contributed by atoms with Gasteiger partial charge >= 0.3 is 5.97 Å². The monoisotopic (exact) mass is 221 g/mol. The molecule has 4 heteroatoms. The zero-order chi connectivity index (χ0) is 12.0. The van der Waals surface area contributed by atoms with Crippen molar-refractivity contribution in [2.24, 2.45) is 0 Å². The van der Waals surface area contributed by atoms with Crippen molar-refractivity contribution in [2.45, 2.75) is 18.8 Å². The molecule has 0 unspecified atom stereocenters. The van der Waals surface area contributed by atoms with Crippen molar-refractivity contribution in [1.29, 1.82) is 5.26 Å². The lowest BCUT2D eigenvalue weighted by molar-refractivity contribution is -0.141. The Balaban J connectivity index is 2.81. The van der Waals surface area contributed by atoms with Crippen LogP contribution in [0.1, 0.15) is 24.3 Å². The van der Waals surface area contributed by atoms with Crippen molar-refractivity contribution in [2.75, 3.05) is 7.11 Å². The van der Waals surface area contributed by atoms with Gasteiger partial charge in [-0.25, -0.2) is 4.39 Å². The second-order valence-corrected chi connectivity index (χ2v) is 3.39. The van der Waals surface area contributed by atoms with E-state index in [-0.39, 0.29) is 30.5 Å². The van der Waals surface area contributed by atoms with E-state index in [1.165, 1.54) is 19.2 Å². The molecule has 16 heavy (non-hydrogen) atoms. The predicted molar refractivity (Wildman–Crippen MR) is 56.0 cm³/mol. The number of hydrogen-bond acceptors (Lipinski definition) is 3. The Morgan fingerprint density at radius 3 is 2.62 bits per heavy atom. The molecule has 0 aliphatic heterocycles. The fourth-order valence-electron chi connectivity index (χ4n) is 1.44. The number of nitriles is 1. The molecule has 3 nitrogen and oxygen atoms in total. The van der Waals surface area contributed by atoms with E-state index < -0.39 is 0 Å². The van der Waals surface area contributed by atoms with Crippen LogP contribution in [0.25, 0.3) is 0 Å². The molecule has 0 amide bonds. The Labute approximate surface area is 93.5 Å². The van der Waals surface area contributed by atoms with Crippen LogP contribution >= 0.6 is 0 Å². The standard InChI is InChI=1S/C12H12FNO2/c1-16-12(15)8-10(6-7-14)9-2-4-11(13)5-3-9/h2-5,10H,6,8H2,1H3/t10-/m0/s1. The molecule has 0 saturated heterocycles. The lowest BCUT2D eigenvalue weighted by Crippen LogP contribution is -2.08. The molecule has 0 aliphatic rings. The molecule has 84 valence electrons. The van der Waals surface area contributed by atoms with E-state index in [1.54, 1.807) is 12.1 Å². The largest absolute Gasteiger partial charge is 0.469 e. The molecule has 0 bridgehead atoms. The van der Waals surface area contributed by atoms with Gasteiger partial charge < -0.3 is 4.74 Å². The van der Waals surface area contributed by atoms with Gasteiger partial charge in [-0.1, -0.05) is 12.1 Å². The maximum absolute atomic E-state index is 12.7. The summed E-state index contributed by atoms with van der Waals surface area (Å²) >= 11 is 0. The van der Waals surface area contributed by atoms with Crippen LogP contribution in [0.15, 0.2) is 24.3 Å². The van der Waals surface area contributed by atoms with Crippen LogP contribution in [0.2, 0.25) is 0 Å². The van der Waals surface area contributed by atoms with E-state index in [1.807, 2.05) is 6.07 Å². The van der Waals surface area contributed by atoms with Gasteiger partial charge in [-0.2, -0.15) is 5.26 Å². The molecule has 0 aromatic heterocycles. The summed E-state index contributed by atoms with van der Waals surface area (Å²) in [6.07, 6.45) is 0.344. The number of carbonyl (C=O) groups is 1. The normalized spacial score (nSPS) is 11.6. The number of benzene rings is 1. The number of methoxy groups -OCH3 is 1.